The van der Waals surface area contributed by atoms with Gasteiger partial charge in [0, 0.05) is 18.5 Å². The Morgan fingerprint density at radius 1 is 1.47 bits per heavy atom. The van der Waals surface area contributed by atoms with Gasteiger partial charge in [-0.3, -0.25) is 9.59 Å². The summed E-state index contributed by atoms with van der Waals surface area (Å²) in [4.78, 5) is 23.0. The Labute approximate surface area is 111 Å². The molecule has 0 bridgehead atoms. The van der Waals surface area contributed by atoms with Gasteiger partial charge in [-0.05, 0) is 31.2 Å². The number of pyridine rings is 1. The minimum absolute atomic E-state index is 0.0123. The van der Waals surface area contributed by atoms with Crippen molar-refractivity contribution in [3.05, 3.63) is 46.9 Å². The third-order valence-electron chi connectivity index (χ3n) is 3.00. The molecule has 1 aliphatic rings. The number of allylic oxidation sites excluding steroid dienone is 2. The first-order valence-corrected chi connectivity index (χ1v) is 6.38. The molecular formula is C14H17N3O2. The van der Waals surface area contributed by atoms with E-state index in [1.54, 1.807) is 24.5 Å². The summed E-state index contributed by atoms with van der Waals surface area (Å²) in [5.74, 6) is 0.0978. The van der Waals surface area contributed by atoms with E-state index in [9.17, 15) is 9.59 Å². The quantitative estimate of drug-likeness (QED) is 0.503. The van der Waals surface area contributed by atoms with E-state index in [0.29, 0.717) is 5.92 Å². The molecule has 0 unspecified atom stereocenters. The molecule has 100 valence electrons. The van der Waals surface area contributed by atoms with Gasteiger partial charge >= 0.3 is 0 Å². The monoisotopic (exact) mass is 259 g/mol. The fraction of sp³-hybridized carbons (Fsp3) is 0.357. The number of amides is 1. The van der Waals surface area contributed by atoms with Crippen molar-refractivity contribution in [3.63, 3.8) is 0 Å². The van der Waals surface area contributed by atoms with Crippen molar-refractivity contribution in [2.45, 2.75) is 25.8 Å². The summed E-state index contributed by atoms with van der Waals surface area (Å²) in [6.45, 7) is -0.0123. The van der Waals surface area contributed by atoms with Crippen LogP contribution in [0.2, 0.25) is 0 Å². The average Bonchev–Trinajstić information content (AvgIpc) is 2.43. The molecule has 1 heterocycles. The molecule has 1 N–H and O–H groups in total. The standard InChI is InChI=1S/C14H17N3O2/c18-13(11-17-9-5-4-8-14(17)19)16-15-10-12-6-2-1-3-7-12/h1-2,4-5,8-10,12H,3,6-7,11H2,(H,16,18)/b15-10-/t12-/m0/s1. The molecule has 0 saturated heterocycles. The lowest BCUT2D eigenvalue weighted by molar-refractivity contribution is -0.121. The van der Waals surface area contributed by atoms with Crippen molar-refractivity contribution in [1.29, 1.82) is 0 Å². The highest BCUT2D eigenvalue weighted by Gasteiger charge is 2.07. The van der Waals surface area contributed by atoms with Crippen molar-refractivity contribution >= 4 is 12.1 Å². The van der Waals surface area contributed by atoms with E-state index in [-0.39, 0.29) is 18.0 Å². The van der Waals surface area contributed by atoms with Gasteiger partial charge in [-0.15, -0.1) is 0 Å². The van der Waals surface area contributed by atoms with Crippen LogP contribution in [0.5, 0.6) is 0 Å². The summed E-state index contributed by atoms with van der Waals surface area (Å²) in [6, 6.07) is 4.78. The highest BCUT2D eigenvalue weighted by Crippen LogP contribution is 2.15. The maximum absolute atomic E-state index is 11.6. The number of carbonyl (C=O) groups excluding carboxylic acids is 1. The normalized spacial score (nSPS) is 18.6. The molecule has 19 heavy (non-hydrogen) atoms. The van der Waals surface area contributed by atoms with Gasteiger partial charge in [-0.25, -0.2) is 5.43 Å². The summed E-state index contributed by atoms with van der Waals surface area (Å²) in [5.41, 5.74) is 2.26. The van der Waals surface area contributed by atoms with Gasteiger partial charge in [0.2, 0.25) is 0 Å². The summed E-state index contributed by atoms with van der Waals surface area (Å²) in [6.07, 6.45) is 10.7. The van der Waals surface area contributed by atoms with Gasteiger partial charge in [-0.1, -0.05) is 18.2 Å². The highest BCUT2D eigenvalue weighted by atomic mass is 16.2. The molecule has 2 rings (SSSR count). The number of hydrazone groups is 1. The summed E-state index contributed by atoms with van der Waals surface area (Å²) < 4.78 is 1.34. The molecule has 0 aliphatic heterocycles. The lowest BCUT2D eigenvalue weighted by Crippen LogP contribution is -2.29. The Morgan fingerprint density at radius 3 is 3.11 bits per heavy atom. The molecule has 5 heteroatoms. The van der Waals surface area contributed by atoms with Crippen LogP contribution >= 0.6 is 0 Å². The van der Waals surface area contributed by atoms with Crippen LogP contribution in [0.4, 0.5) is 0 Å². The second-order valence-electron chi connectivity index (χ2n) is 4.52. The zero-order chi connectivity index (χ0) is 13.5. The highest BCUT2D eigenvalue weighted by molar-refractivity contribution is 5.76. The summed E-state index contributed by atoms with van der Waals surface area (Å²) in [5, 5.41) is 3.95. The van der Waals surface area contributed by atoms with Crippen molar-refractivity contribution in [1.82, 2.24) is 9.99 Å². The molecule has 5 nitrogen and oxygen atoms in total. The molecule has 0 aromatic carbocycles. The Kier molecular flexibility index (Phi) is 4.66. The molecule has 1 atom stereocenters. The van der Waals surface area contributed by atoms with Crippen LogP contribution in [-0.2, 0) is 11.3 Å². The van der Waals surface area contributed by atoms with Crippen molar-refractivity contribution in [2.24, 2.45) is 11.0 Å². The number of carbonyl (C=O) groups is 1. The lowest BCUT2D eigenvalue weighted by Gasteiger charge is -2.11. The lowest BCUT2D eigenvalue weighted by atomic mass is 9.96. The number of hydrogen-bond acceptors (Lipinski definition) is 3. The van der Waals surface area contributed by atoms with Gasteiger partial charge in [0.15, 0.2) is 0 Å². The van der Waals surface area contributed by atoms with Crippen molar-refractivity contribution in [2.75, 3.05) is 0 Å². The molecule has 1 amide bonds. The molecule has 0 spiro atoms. The van der Waals surface area contributed by atoms with Crippen LogP contribution in [0.1, 0.15) is 19.3 Å². The van der Waals surface area contributed by atoms with E-state index < -0.39 is 0 Å². The molecule has 0 fully saturated rings. The zero-order valence-electron chi connectivity index (χ0n) is 10.7. The fourth-order valence-corrected chi connectivity index (χ4v) is 1.95. The van der Waals surface area contributed by atoms with Gasteiger partial charge in [0.05, 0.1) is 0 Å². The first kappa shape index (κ1) is 13.3. The number of hydrogen-bond donors (Lipinski definition) is 1. The summed E-state index contributed by atoms with van der Waals surface area (Å²) >= 11 is 0. The third-order valence-corrected chi connectivity index (χ3v) is 3.00. The maximum atomic E-state index is 11.6. The minimum atomic E-state index is -0.295. The van der Waals surface area contributed by atoms with Crippen molar-refractivity contribution in [3.8, 4) is 0 Å². The Morgan fingerprint density at radius 2 is 2.37 bits per heavy atom. The van der Waals surface area contributed by atoms with Crippen LogP contribution < -0.4 is 11.0 Å². The number of nitrogens with one attached hydrogen (secondary N) is 1. The number of rotatable bonds is 4. The second kappa shape index (κ2) is 6.68. The minimum Gasteiger partial charge on any atom is -0.306 e. The molecule has 1 aliphatic carbocycles. The van der Waals surface area contributed by atoms with Gasteiger partial charge in [-0.2, -0.15) is 5.10 Å². The molecular weight excluding hydrogens is 242 g/mol. The zero-order valence-corrected chi connectivity index (χ0v) is 10.7. The first-order chi connectivity index (χ1) is 9.25. The number of aromatic nitrogens is 1. The average molecular weight is 259 g/mol. The van der Waals surface area contributed by atoms with E-state index in [4.69, 9.17) is 0 Å². The van der Waals surface area contributed by atoms with E-state index in [1.165, 1.54) is 10.6 Å². The van der Waals surface area contributed by atoms with E-state index in [1.807, 2.05) is 0 Å². The first-order valence-electron chi connectivity index (χ1n) is 6.38. The Balaban J connectivity index is 1.82. The maximum Gasteiger partial charge on any atom is 0.260 e. The third kappa shape index (κ3) is 4.21. The largest absolute Gasteiger partial charge is 0.306 e. The number of nitrogens with zero attached hydrogens (tertiary/aromatic N) is 2. The molecule has 1 aromatic rings. The molecule has 1 aromatic heterocycles. The van der Waals surface area contributed by atoms with E-state index in [2.05, 4.69) is 22.7 Å². The van der Waals surface area contributed by atoms with E-state index >= 15 is 0 Å². The summed E-state index contributed by atoms with van der Waals surface area (Å²) in [7, 11) is 0. The van der Waals surface area contributed by atoms with Crippen LogP contribution in [0.25, 0.3) is 0 Å². The van der Waals surface area contributed by atoms with E-state index in [0.717, 1.165) is 19.3 Å². The molecule has 0 saturated carbocycles. The molecule has 0 radical (unpaired) electrons. The van der Waals surface area contributed by atoms with Crippen molar-refractivity contribution < 1.29 is 4.79 Å². The SMILES string of the molecule is O=C(Cn1ccccc1=O)N/N=C\[C@H]1CC=CCC1. The second-order valence-corrected chi connectivity index (χ2v) is 4.52. The van der Waals surface area contributed by atoms with Gasteiger partial charge < -0.3 is 4.57 Å². The Bertz CT molecular complexity index is 546. The predicted molar refractivity (Wildman–Crippen MR) is 73.8 cm³/mol. The van der Waals surface area contributed by atoms with Gasteiger partial charge in [0.1, 0.15) is 6.54 Å². The predicted octanol–water partition coefficient (Wildman–Crippen LogP) is 1.31. The van der Waals surface area contributed by atoms with Gasteiger partial charge in [0.25, 0.3) is 11.5 Å². The Hall–Kier alpha value is -2.17. The fourth-order valence-electron chi connectivity index (χ4n) is 1.95. The van der Waals surface area contributed by atoms with Crippen LogP contribution in [0.15, 0.2) is 46.4 Å². The van der Waals surface area contributed by atoms with Crippen LogP contribution in [0.3, 0.4) is 0 Å². The smallest absolute Gasteiger partial charge is 0.260 e. The van der Waals surface area contributed by atoms with Crippen LogP contribution in [0, 0.1) is 5.92 Å². The van der Waals surface area contributed by atoms with Crippen LogP contribution in [-0.4, -0.2) is 16.7 Å². The topological polar surface area (TPSA) is 63.5 Å².